The number of rotatable bonds is 9. The second-order valence-corrected chi connectivity index (χ2v) is 12.9. The fourth-order valence-corrected chi connectivity index (χ4v) is 5.63. The number of nitrogens with one attached hydrogen (secondary N) is 1. The number of piperazine rings is 1. The Morgan fingerprint density at radius 2 is 1.80 bits per heavy atom. The van der Waals surface area contributed by atoms with Gasteiger partial charge in [-0.2, -0.15) is 0 Å². The van der Waals surface area contributed by atoms with E-state index in [1.54, 1.807) is 24.0 Å². The molecule has 3 unspecified atom stereocenters. The minimum Gasteiger partial charge on any atom is -0.391 e. The topological polar surface area (TPSA) is 119 Å². The molecule has 1 aromatic rings. The van der Waals surface area contributed by atoms with E-state index in [0.29, 0.717) is 6.42 Å². The van der Waals surface area contributed by atoms with Gasteiger partial charge in [0.2, 0.25) is 11.8 Å². The van der Waals surface area contributed by atoms with Gasteiger partial charge in [0.1, 0.15) is 17.3 Å². The number of aliphatic hydroxyl groups is 2. The number of hydrogen-bond acceptors (Lipinski definition) is 6. The van der Waals surface area contributed by atoms with Gasteiger partial charge in [0, 0.05) is 30.6 Å². The maximum absolute atomic E-state index is 14.4. The molecule has 1 saturated heterocycles. The number of carbonyl (C=O) groups excluding carboxylic acids is 2. The van der Waals surface area contributed by atoms with E-state index in [1.807, 2.05) is 46.8 Å². The molecule has 2 amide bonds. The molecule has 41 heavy (non-hydrogen) atoms. The third kappa shape index (κ3) is 8.44. The summed E-state index contributed by atoms with van der Waals surface area (Å²) in [5.41, 5.74) is 4.37. The molecular formula is C31H46F2N4O4. The summed E-state index contributed by atoms with van der Waals surface area (Å²) in [5.74, 6) is -2.79. The van der Waals surface area contributed by atoms with Crippen LogP contribution in [0.25, 0.3) is 0 Å². The summed E-state index contributed by atoms with van der Waals surface area (Å²) in [4.78, 5) is 29.2. The Bertz CT molecular complexity index is 1130. The number of amides is 2. The summed E-state index contributed by atoms with van der Waals surface area (Å²) in [7, 11) is 0. The highest BCUT2D eigenvalue weighted by Crippen LogP contribution is 2.31. The molecule has 0 spiro atoms. The second-order valence-electron chi connectivity index (χ2n) is 12.9. The minimum atomic E-state index is -1.04. The van der Waals surface area contributed by atoms with Crippen LogP contribution in [0.3, 0.4) is 0 Å². The van der Waals surface area contributed by atoms with Crippen molar-refractivity contribution >= 4 is 17.5 Å². The molecule has 228 valence electrons. The van der Waals surface area contributed by atoms with Crippen molar-refractivity contribution in [2.45, 2.75) is 83.7 Å². The van der Waals surface area contributed by atoms with Gasteiger partial charge in [0.15, 0.2) is 0 Å². The van der Waals surface area contributed by atoms with Gasteiger partial charge >= 0.3 is 0 Å². The highest BCUT2D eigenvalue weighted by atomic mass is 19.1. The monoisotopic (exact) mass is 576 g/mol. The molecule has 0 radical (unpaired) electrons. The Labute approximate surface area is 242 Å². The van der Waals surface area contributed by atoms with Crippen LogP contribution in [0.5, 0.6) is 0 Å². The number of aliphatic hydroxyl groups excluding tert-OH is 1. The lowest BCUT2D eigenvalue weighted by molar-refractivity contribution is -0.127. The van der Waals surface area contributed by atoms with Crippen LogP contribution in [0.15, 0.2) is 42.5 Å². The van der Waals surface area contributed by atoms with Crippen LogP contribution in [0.4, 0.5) is 14.5 Å². The zero-order valence-electron chi connectivity index (χ0n) is 25.0. The molecule has 0 saturated carbocycles. The Balaban J connectivity index is 1.65. The Morgan fingerprint density at radius 3 is 2.41 bits per heavy atom. The smallest absolute Gasteiger partial charge is 0.241 e. The van der Waals surface area contributed by atoms with E-state index < -0.39 is 52.8 Å². The molecular weight excluding hydrogens is 530 g/mol. The van der Waals surface area contributed by atoms with Gasteiger partial charge in [-0.3, -0.25) is 14.5 Å². The van der Waals surface area contributed by atoms with Crippen LogP contribution in [-0.2, 0) is 9.59 Å². The highest BCUT2D eigenvalue weighted by molar-refractivity contribution is 5.96. The third-order valence-corrected chi connectivity index (χ3v) is 8.15. The summed E-state index contributed by atoms with van der Waals surface area (Å²) in [6.45, 7) is 11.3. The minimum absolute atomic E-state index is 0.0391. The molecule has 1 fully saturated rings. The Morgan fingerprint density at radius 1 is 1.17 bits per heavy atom. The predicted octanol–water partition coefficient (Wildman–Crippen LogP) is 3.13. The second kappa shape index (κ2) is 13.1. The van der Waals surface area contributed by atoms with Crippen molar-refractivity contribution in [1.82, 2.24) is 10.2 Å². The van der Waals surface area contributed by atoms with Crippen molar-refractivity contribution in [3.63, 3.8) is 0 Å². The first-order valence-electron chi connectivity index (χ1n) is 14.3. The highest BCUT2D eigenvalue weighted by Gasteiger charge is 2.41. The zero-order chi connectivity index (χ0) is 30.7. The number of carbonyl (C=O) groups is 2. The number of nitrogens with zero attached hydrogens (tertiary/aromatic N) is 2. The average molecular weight is 577 g/mol. The average Bonchev–Trinajstić information content (AvgIpc) is 2.85. The molecule has 1 heterocycles. The number of halogens is 2. The molecule has 0 aromatic heterocycles. The van der Waals surface area contributed by atoms with Crippen molar-refractivity contribution in [2.24, 2.45) is 23.5 Å². The van der Waals surface area contributed by atoms with E-state index in [4.69, 9.17) is 5.73 Å². The molecule has 1 aliphatic heterocycles. The molecule has 1 aromatic carbocycles. The van der Waals surface area contributed by atoms with E-state index >= 15 is 0 Å². The predicted molar refractivity (Wildman–Crippen MR) is 156 cm³/mol. The van der Waals surface area contributed by atoms with Crippen LogP contribution in [0.1, 0.15) is 54.4 Å². The number of para-hydroxylation sites is 1. The maximum atomic E-state index is 14.4. The first kappa shape index (κ1) is 32.8. The van der Waals surface area contributed by atoms with E-state index in [-0.39, 0.29) is 49.5 Å². The van der Waals surface area contributed by atoms with Gasteiger partial charge in [-0.05, 0) is 57.6 Å². The summed E-state index contributed by atoms with van der Waals surface area (Å²) in [6.07, 6.45) is 7.01. The van der Waals surface area contributed by atoms with Gasteiger partial charge in [0.25, 0.3) is 0 Å². The largest absolute Gasteiger partial charge is 0.391 e. The summed E-state index contributed by atoms with van der Waals surface area (Å²) in [6, 6.07) is 2.32. The van der Waals surface area contributed by atoms with Crippen molar-refractivity contribution in [3.05, 3.63) is 54.1 Å². The van der Waals surface area contributed by atoms with Crippen LogP contribution in [0, 0.1) is 29.4 Å². The summed E-state index contributed by atoms with van der Waals surface area (Å²) >= 11 is 0. The van der Waals surface area contributed by atoms with Crippen molar-refractivity contribution < 1.29 is 28.6 Å². The number of allylic oxidation sites excluding steroid dienone is 1. The molecule has 2 aliphatic rings. The molecule has 1 aliphatic carbocycles. The molecule has 3 rings (SSSR count). The van der Waals surface area contributed by atoms with E-state index in [0.717, 1.165) is 17.0 Å². The van der Waals surface area contributed by atoms with Crippen molar-refractivity contribution in [2.75, 3.05) is 24.5 Å². The summed E-state index contributed by atoms with van der Waals surface area (Å²) in [5, 5.41) is 24.6. The number of anilines is 1. The van der Waals surface area contributed by atoms with Gasteiger partial charge in [-0.25, -0.2) is 8.78 Å². The van der Waals surface area contributed by atoms with Crippen LogP contribution >= 0.6 is 0 Å². The number of hydrogen-bond donors (Lipinski definition) is 4. The van der Waals surface area contributed by atoms with Gasteiger partial charge in [0.05, 0.1) is 24.3 Å². The zero-order valence-corrected chi connectivity index (χ0v) is 25.0. The summed E-state index contributed by atoms with van der Waals surface area (Å²) < 4.78 is 28.8. The van der Waals surface area contributed by atoms with E-state index in [1.165, 1.54) is 6.07 Å². The molecule has 10 heteroatoms. The Hall–Kier alpha value is -2.66. The number of benzene rings is 1. The molecule has 6 atom stereocenters. The van der Waals surface area contributed by atoms with Crippen LogP contribution in [0.2, 0.25) is 0 Å². The SMILES string of the molecule is CC1/C=C/C(NC(=O)[C@@H](C[C@H](O)[C@@H](N)CN2CC(=O)N(c3c(F)cccc3F)CC2(C)C)C(C)C)/C=C/C(C)(O)C1. The fourth-order valence-electron chi connectivity index (χ4n) is 5.63. The Kier molecular flexibility index (Phi) is 10.5. The first-order valence-corrected chi connectivity index (χ1v) is 14.3. The van der Waals surface area contributed by atoms with Crippen molar-refractivity contribution in [1.29, 1.82) is 0 Å². The van der Waals surface area contributed by atoms with Gasteiger partial charge < -0.3 is 26.2 Å². The lowest BCUT2D eigenvalue weighted by atomic mass is 9.86. The molecule has 5 N–H and O–H groups in total. The third-order valence-electron chi connectivity index (χ3n) is 8.15. The lowest BCUT2D eigenvalue weighted by Gasteiger charge is -2.47. The maximum Gasteiger partial charge on any atom is 0.241 e. The lowest BCUT2D eigenvalue weighted by Crippen LogP contribution is -2.64. The normalized spacial score (nSPS) is 28.9. The van der Waals surface area contributed by atoms with Crippen molar-refractivity contribution in [3.8, 4) is 0 Å². The molecule has 8 nitrogen and oxygen atoms in total. The number of nitrogens with two attached hydrogens (primary N) is 1. The van der Waals surface area contributed by atoms with E-state index in [9.17, 15) is 28.6 Å². The first-order chi connectivity index (χ1) is 19.0. The van der Waals surface area contributed by atoms with Crippen LogP contribution < -0.4 is 16.0 Å². The standard InChI is InChI=1S/C31H46F2N4O4/c1-19(2)22(29(40)35-21-11-10-20(3)15-31(6,41)13-12-21)14-26(38)25(34)16-36-17-27(39)37(18-30(36,4)5)28-23(32)8-7-9-24(28)33/h7-13,19-22,25-26,38,41H,14-18,34H2,1-6H3,(H,35,40)/b11-10+,13-12+/t20?,21?,22-,25-,26-,31?/m0/s1. The van der Waals surface area contributed by atoms with Crippen LogP contribution in [-0.4, -0.2) is 75.9 Å². The van der Waals surface area contributed by atoms with Gasteiger partial charge in [-0.1, -0.05) is 51.1 Å². The quantitative estimate of drug-likeness (QED) is 0.336. The molecule has 0 bridgehead atoms. The van der Waals surface area contributed by atoms with E-state index in [2.05, 4.69) is 5.32 Å². The van der Waals surface area contributed by atoms with Gasteiger partial charge in [-0.15, -0.1) is 0 Å². The fraction of sp³-hybridized carbons (Fsp3) is 0.613.